The lowest BCUT2D eigenvalue weighted by molar-refractivity contribution is 0.0951. The number of aromatic nitrogens is 2. The van der Waals surface area contributed by atoms with Crippen molar-refractivity contribution < 1.29 is 14.3 Å². The number of methoxy groups -OCH3 is 1. The zero-order chi connectivity index (χ0) is 27.2. The van der Waals surface area contributed by atoms with Gasteiger partial charge in [0.2, 0.25) is 0 Å². The largest absolute Gasteiger partial charge is 0.450 e. The number of ether oxygens (including phenoxy) is 1. The molecule has 9 heteroatoms. The van der Waals surface area contributed by atoms with Crippen LogP contribution in [0.25, 0.3) is 0 Å². The number of unbranched alkanes of at least 4 members (excludes halogenated alkanes) is 1. The van der Waals surface area contributed by atoms with Crippen molar-refractivity contribution in [2.45, 2.75) is 39.5 Å². The molecule has 2 rings (SSSR count). The van der Waals surface area contributed by atoms with Crippen LogP contribution in [0.15, 0.2) is 42.7 Å². The van der Waals surface area contributed by atoms with Crippen molar-refractivity contribution in [3.8, 4) is 24.9 Å². The fourth-order valence-electron chi connectivity index (χ4n) is 2.54. The van der Waals surface area contributed by atoms with E-state index in [0.29, 0.717) is 42.9 Å². The van der Waals surface area contributed by atoms with Crippen LogP contribution < -0.4 is 22.1 Å². The molecule has 0 fully saturated rings. The van der Waals surface area contributed by atoms with E-state index in [1.807, 2.05) is 31.2 Å². The highest BCUT2D eigenvalue weighted by molar-refractivity contribution is 5.94. The van der Waals surface area contributed by atoms with Crippen molar-refractivity contribution in [2.75, 3.05) is 25.5 Å². The van der Waals surface area contributed by atoms with Gasteiger partial charge in [-0.25, -0.2) is 4.98 Å². The van der Waals surface area contributed by atoms with Gasteiger partial charge in [0.25, 0.3) is 11.8 Å². The van der Waals surface area contributed by atoms with Gasteiger partial charge in [-0.2, -0.15) is 0 Å². The van der Waals surface area contributed by atoms with Crippen LogP contribution in [0.1, 0.15) is 58.4 Å². The minimum atomic E-state index is -0.581. The number of nitrogens with one attached hydrogen (secondary N) is 2. The maximum absolute atomic E-state index is 12.0. The average Bonchev–Trinajstić information content (AvgIpc) is 2.88. The average molecular weight is 493 g/mol. The lowest BCUT2D eigenvalue weighted by Gasteiger charge is -2.09. The molecule has 1 heterocycles. The Bertz CT molecular complexity index is 1040. The smallest absolute Gasteiger partial charge is 0.269 e. The van der Waals surface area contributed by atoms with Crippen molar-refractivity contribution in [3.63, 3.8) is 0 Å². The van der Waals surface area contributed by atoms with Crippen molar-refractivity contribution in [3.05, 3.63) is 65.4 Å². The highest BCUT2D eigenvalue weighted by Gasteiger charge is 2.09. The number of terminal acetylenes is 2. The summed E-state index contributed by atoms with van der Waals surface area (Å²) in [5.74, 6) is 1.84. The summed E-state index contributed by atoms with van der Waals surface area (Å²) in [4.78, 5) is 31.7. The SMILES string of the molecule is C#CCCCNC(=O)c1ccc(NCCc2cnc(C)c(C(N)=O)n2)cc1.C#COC.CC/C=C/N. The van der Waals surface area contributed by atoms with E-state index < -0.39 is 5.91 Å². The van der Waals surface area contributed by atoms with Crippen LogP contribution in [0.2, 0.25) is 0 Å². The fraction of sp³-hybridized carbons (Fsp3) is 0.333. The molecule has 0 atom stereocenters. The third-order valence-electron chi connectivity index (χ3n) is 4.37. The molecule has 2 amide bonds. The third kappa shape index (κ3) is 13.9. The summed E-state index contributed by atoms with van der Waals surface area (Å²) in [5.41, 5.74) is 13.1. The number of aryl methyl sites for hydroxylation is 1. The van der Waals surface area contributed by atoms with E-state index in [1.54, 1.807) is 31.5 Å². The summed E-state index contributed by atoms with van der Waals surface area (Å²) in [5, 5.41) is 6.07. The minimum absolute atomic E-state index is 0.118. The number of rotatable bonds is 10. The highest BCUT2D eigenvalue weighted by atomic mass is 16.5. The highest BCUT2D eigenvalue weighted by Crippen LogP contribution is 2.10. The van der Waals surface area contributed by atoms with E-state index in [1.165, 1.54) is 7.11 Å². The van der Waals surface area contributed by atoms with Crippen molar-refractivity contribution in [1.29, 1.82) is 0 Å². The van der Waals surface area contributed by atoms with Crippen LogP contribution in [-0.2, 0) is 11.2 Å². The maximum Gasteiger partial charge on any atom is 0.269 e. The van der Waals surface area contributed by atoms with Crippen LogP contribution in [0.5, 0.6) is 0 Å². The lowest BCUT2D eigenvalue weighted by Crippen LogP contribution is -2.24. The molecule has 0 saturated carbocycles. The molecule has 192 valence electrons. The Morgan fingerprint density at radius 2 is 1.86 bits per heavy atom. The molecule has 0 spiro atoms. The monoisotopic (exact) mass is 492 g/mol. The van der Waals surface area contributed by atoms with Crippen molar-refractivity contribution >= 4 is 17.5 Å². The third-order valence-corrected chi connectivity index (χ3v) is 4.37. The Morgan fingerprint density at radius 1 is 1.19 bits per heavy atom. The number of amides is 2. The minimum Gasteiger partial charge on any atom is -0.450 e. The second kappa shape index (κ2) is 19.9. The van der Waals surface area contributed by atoms with Crippen molar-refractivity contribution in [2.24, 2.45) is 11.5 Å². The lowest BCUT2D eigenvalue weighted by atomic mass is 10.2. The van der Waals surface area contributed by atoms with E-state index in [9.17, 15) is 9.59 Å². The number of benzene rings is 1. The zero-order valence-corrected chi connectivity index (χ0v) is 21.2. The van der Waals surface area contributed by atoms with Gasteiger partial charge in [0, 0.05) is 43.4 Å². The fourth-order valence-corrected chi connectivity index (χ4v) is 2.54. The summed E-state index contributed by atoms with van der Waals surface area (Å²) >= 11 is 0. The molecule has 9 nitrogen and oxygen atoms in total. The molecule has 0 unspecified atom stereocenters. The molecule has 6 N–H and O–H groups in total. The topological polar surface area (TPSA) is 145 Å². The number of nitrogens with two attached hydrogens (primary N) is 2. The Hall–Kier alpha value is -4.50. The van der Waals surface area contributed by atoms with Gasteiger partial charge in [-0.3, -0.25) is 14.6 Å². The first-order valence-corrected chi connectivity index (χ1v) is 11.4. The molecule has 0 bridgehead atoms. The number of primary amides is 1. The van der Waals surface area contributed by atoms with Crippen LogP contribution in [0.3, 0.4) is 0 Å². The van der Waals surface area contributed by atoms with Gasteiger partial charge in [-0.05, 0) is 50.2 Å². The Labute approximate surface area is 214 Å². The van der Waals surface area contributed by atoms with Gasteiger partial charge in [0.15, 0.2) is 0 Å². The van der Waals surface area contributed by atoms with E-state index in [-0.39, 0.29) is 11.6 Å². The first-order chi connectivity index (χ1) is 17.3. The molecule has 0 aliphatic carbocycles. The molecule has 0 radical (unpaired) electrons. The summed E-state index contributed by atoms with van der Waals surface area (Å²) in [6.07, 6.45) is 19.8. The first kappa shape index (κ1) is 31.5. The zero-order valence-electron chi connectivity index (χ0n) is 21.2. The Kier molecular flexibility index (Phi) is 17.4. The van der Waals surface area contributed by atoms with Crippen molar-refractivity contribution in [1.82, 2.24) is 15.3 Å². The molecule has 1 aromatic heterocycles. The van der Waals surface area contributed by atoms with E-state index in [2.05, 4.69) is 37.7 Å². The number of nitrogens with zero attached hydrogens (tertiary/aromatic N) is 2. The molecule has 36 heavy (non-hydrogen) atoms. The molecular weight excluding hydrogens is 456 g/mol. The van der Waals surface area contributed by atoms with Gasteiger partial charge in [-0.15, -0.1) is 12.3 Å². The summed E-state index contributed by atoms with van der Waals surface area (Å²) < 4.78 is 4.07. The molecular formula is C27H36N6O3. The van der Waals surface area contributed by atoms with E-state index in [4.69, 9.17) is 17.9 Å². The number of hydrogen-bond acceptors (Lipinski definition) is 7. The second-order valence-corrected chi connectivity index (χ2v) is 7.14. The number of allylic oxidation sites excluding steroid dienone is 1. The number of carbonyl (C=O) groups excluding carboxylic acids is 2. The molecule has 0 aliphatic rings. The van der Waals surface area contributed by atoms with Gasteiger partial charge >= 0.3 is 0 Å². The first-order valence-electron chi connectivity index (χ1n) is 11.4. The maximum atomic E-state index is 12.0. The van der Waals surface area contributed by atoms with Crippen LogP contribution >= 0.6 is 0 Å². The summed E-state index contributed by atoms with van der Waals surface area (Å²) in [6, 6.07) is 7.20. The normalized spacial score (nSPS) is 9.36. The quantitative estimate of drug-likeness (QED) is 0.295. The molecule has 0 saturated heterocycles. The second-order valence-electron chi connectivity index (χ2n) is 7.14. The number of carbonyl (C=O) groups is 2. The predicted molar refractivity (Wildman–Crippen MR) is 144 cm³/mol. The van der Waals surface area contributed by atoms with Crippen LogP contribution in [0.4, 0.5) is 5.69 Å². The van der Waals surface area contributed by atoms with Gasteiger partial charge in [0.1, 0.15) is 11.8 Å². The molecule has 1 aromatic carbocycles. The molecule has 2 aromatic rings. The van der Waals surface area contributed by atoms with Gasteiger partial charge in [0.05, 0.1) is 18.5 Å². The number of anilines is 1. The standard InChI is InChI=1S/C20H23N5O2.C4H9N.C3H4O/c1-3-4-5-11-23-20(27)15-6-8-16(9-7-15)22-12-10-17-13-24-14(2)18(25-17)19(21)26;1-2-3-4-5;1-3-4-2/h1,6-9,13,22H,4-5,10-12H2,2H3,(H2,21,26)(H,23,27);3-4H,2,5H2,1H3;1H,2H3/b;4-3+;. The van der Waals surface area contributed by atoms with Gasteiger partial charge < -0.3 is 26.8 Å². The number of hydrogen-bond donors (Lipinski definition) is 4. The summed E-state index contributed by atoms with van der Waals surface area (Å²) in [7, 11) is 1.44. The Balaban J connectivity index is 0.00000117. The van der Waals surface area contributed by atoms with Gasteiger partial charge in [-0.1, -0.05) is 19.4 Å². The van der Waals surface area contributed by atoms with Crippen LogP contribution in [-0.4, -0.2) is 42.0 Å². The summed E-state index contributed by atoms with van der Waals surface area (Å²) in [6.45, 7) is 4.91. The predicted octanol–water partition coefficient (Wildman–Crippen LogP) is 2.77. The van der Waals surface area contributed by atoms with E-state index >= 15 is 0 Å². The Morgan fingerprint density at radius 3 is 2.36 bits per heavy atom. The van der Waals surface area contributed by atoms with E-state index in [0.717, 1.165) is 18.5 Å². The molecule has 0 aliphatic heterocycles. The van der Waals surface area contributed by atoms with Crippen LogP contribution in [0, 0.1) is 31.8 Å².